The van der Waals surface area contributed by atoms with E-state index in [0.717, 1.165) is 43.3 Å². The Morgan fingerprint density at radius 1 is 1.02 bits per heavy atom. The molecule has 256 valence electrons. The molecule has 2 heterocycles. The van der Waals surface area contributed by atoms with Crippen molar-refractivity contribution >= 4 is 29.2 Å². The minimum Gasteiger partial charge on any atom is -0.402 e. The van der Waals surface area contributed by atoms with Crippen LogP contribution in [0.1, 0.15) is 53.2 Å². The van der Waals surface area contributed by atoms with Gasteiger partial charge in [-0.1, -0.05) is 55.1 Å². The van der Waals surface area contributed by atoms with Crippen LogP contribution in [0.15, 0.2) is 102 Å². The van der Waals surface area contributed by atoms with E-state index in [0.29, 0.717) is 40.5 Å². The topological polar surface area (TPSA) is 122 Å². The summed E-state index contributed by atoms with van der Waals surface area (Å²) in [6.45, 7) is 10.1. The summed E-state index contributed by atoms with van der Waals surface area (Å²) in [6, 6.07) is 19.3. The molecule has 0 bridgehead atoms. The van der Waals surface area contributed by atoms with Crippen LogP contribution in [0.5, 0.6) is 0 Å². The van der Waals surface area contributed by atoms with Crippen molar-refractivity contribution in [2.75, 3.05) is 26.2 Å². The van der Waals surface area contributed by atoms with Crippen molar-refractivity contribution in [3.8, 4) is 0 Å². The van der Waals surface area contributed by atoms with Crippen molar-refractivity contribution in [3.05, 3.63) is 125 Å². The van der Waals surface area contributed by atoms with E-state index in [4.69, 9.17) is 5.73 Å². The van der Waals surface area contributed by atoms with Crippen LogP contribution in [-0.2, 0) is 22.3 Å². The third-order valence-electron chi connectivity index (χ3n) is 8.67. The van der Waals surface area contributed by atoms with Crippen molar-refractivity contribution in [1.29, 1.82) is 0 Å². The molecule has 9 nitrogen and oxygen atoms in total. The molecule has 3 aromatic carbocycles. The molecule has 5 N–H and O–H groups in total. The van der Waals surface area contributed by atoms with Crippen LogP contribution in [0.25, 0.3) is 0 Å². The van der Waals surface area contributed by atoms with Crippen LogP contribution in [0.4, 0.5) is 18.9 Å². The van der Waals surface area contributed by atoms with Gasteiger partial charge >= 0.3 is 12.1 Å². The maximum Gasteiger partial charge on any atom is 0.416 e. The number of piperidine rings is 1. The van der Waals surface area contributed by atoms with Gasteiger partial charge in [-0.05, 0) is 74.8 Å². The first-order valence-electron chi connectivity index (χ1n) is 16.1. The first kappa shape index (κ1) is 35.1. The van der Waals surface area contributed by atoms with Crippen LogP contribution >= 0.6 is 0 Å². The minimum atomic E-state index is -4.66. The molecule has 3 aromatic rings. The monoisotopic (exact) mass is 673 g/mol. The number of alkyl halides is 3. The molecule has 2 aliphatic heterocycles. The number of nitrogens with one attached hydrogen (secondary N) is 3. The highest BCUT2D eigenvalue weighted by Gasteiger charge is 2.50. The molecule has 0 radical (unpaired) electrons. The van der Waals surface area contributed by atoms with Gasteiger partial charge in [-0.3, -0.25) is 14.5 Å². The number of likely N-dealkylation sites (N-methyl/N-ethyl adjacent to an activating group) is 1. The Kier molecular flexibility index (Phi) is 10.7. The number of allylic oxidation sites excluding steroid dienone is 1. The smallest absolute Gasteiger partial charge is 0.402 e. The molecule has 0 unspecified atom stereocenters. The molecule has 0 spiro atoms. The quantitative estimate of drug-likeness (QED) is 0.246. The van der Waals surface area contributed by atoms with Crippen molar-refractivity contribution in [2.45, 2.75) is 44.9 Å². The van der Waals surface area contributed by atoms with E-state index in [9.17, 15) is 27.6 Å². The van der Waals surface area contributed by atoms with E-state index >= 15 is 0 Å². The number of hydrogen-bond donors (Lipinski definition) is 4. The molecule has 2 saturated heterocycles. The van der Waals surface area contributed by atoms with Crippen molar-refractivity contribution in [3.63, 3.8) is 0 Å². The first-order valence-corrected chi connectivity index (χ1v) is 16.1. The summed E-state index contributed by atoms with van der Waals surface area (Å²) in [5, 5.41) is 5.65. The van der Waals surface area contributed by atoms with Gasteiger partial charge in [0.2, 0.25) is 5.91 Å². The minimum absolute atomic E-state index is 0.175. The van der Waals surface area contributed by atoms with E-state index in [-0.39, 0.29) is 24.6 Å². The van der Waals surface area contributed by atoms with Gasteiger partial charge in [0, 0.05) is 29.9 Å². The number of carbonyl (C=O) groups is 3. The lowest BCUT2D eigenvalue weighted by Gasteiger charge is -2.36. The Morgan fingerprint density at radius 2 is 1.73 bits per heavy atom. The van der Waals surface area contributed by atoms with Crippen LogP contribution < -0.4 is 21.4 Å². The van der Waals surface area contributed by atoms with E-state index in [1.165, 1.54) is 11.0 Å². The third kappa shape index (κ3) is 8.09. The zero-order chi connectivity index (χ0) is 35.3. The number of hydrogen-bond acceptors (Lipinski definition) is 5. The molecule has 2 fully saturated rings. The molecule has 2 aliphatic rings. The maximum absolute atomic E-state index is 14.3. The predicted octanol–water partition coefficient (Wildman–Crippen LogP) is 3.37. The van der Waals surface area contributed by atoms with Crippen molar-refractivity contribution < 1.29 is 32.5 Å². The second kappa shape index (κ2) is 14.9. The lowest BCUT2D eigenvalue weighted by atomic mass is 9.78. The maximum atomic E-state index is 14.3. The molecular formula is C37H40F3N6O3+. The van der Waals surface area contributed by atoms with Gasteiger partial charge in [0.1, 0.15) is 11.7 Å². The highest BCUT2D eigenvalue weighted by Crippen LogP contribution is 2.36. The molecule has 2 atom stereocenters. The summed E-state index contributed by atoms with van der Waals surface area (Å²) in [6.07, 6.45) is -3.56. The summed E-state index contributed by atoms with van der Waals surface area (Å²) in [7, 11) is 0. The molecule has 12 heteroatoms. The summed E-state index contributed by atoms with van der Waals surface area (Å²) in [5.74, 6) is -2.01. The number of likely N-dealkylation sites (tertiary alicyclic amines) is 2. The lowest BCUT2D eigenvalue weighted by molar-refractivity contribution is -0.360. The number of halogens is 3. The number of nitrogens with two attached hydrogens (primary N) is 1. The Balaban J connectivity index is 1.54. The van der Waals surface area contributed by atoms with Gasteiger partial charge in [-0.2, -0.15) is 18.1 Å². The molecular weight excluding hydrogens is 633 g/mol. The predicted molar refractivity (Wildman–Crippen MR) is 180 cm³/mol. The molecule has 0 aliphatic carbocycles. The van der Waals surface area contributed by atoms with E-state index in [1.54, 1.807) is 26.0 Å². The number of para-hydroxylation sites is 1. The Bertz CT molecular complexity index is 1800. The van der Waals surface area contributed by atoms with E-state index in [1.807, 2.05) is 42.5 Å². The second-order valence-corrected chi connectivity index (χ2v) is 12.2. The number of amides is 3. The third-order valence-corrected chi connectivity index (χ3v) is 8.67. The largest absolute Gasteiger partial charge is 0.416 e. The number of rotatable bonds is 10. The SMILES string of the molecule is C=C(CN1CCC1)C(=O)NCc1cccc([C@@H]2/C(=C(\C)N)C(=[NH+]c3ccccc3)N(CC)C(=O)[C@H]2NC(=O)c2cccc(C(F)(F)F)c2)c1. The van der Waals surface area contributed by atoms with Gasteiger partial charge < -0.3 is 16.4 Å². The summed E-state index contributed by atoms with van der Waals surface area (Å²) in [4.78, 5) is 47.7. The Morgan fingerprint density at radius 3 is 2.37 bits per heavy atom. The first-order chi connectivity index (χ1) is 23.4. The number of amidine groups is 1. The zero-order valence-corrected chi connectivity index (χ0v) is 27.4. The highest BCUT2D eigenvalue weighted by molar-refractivity contribution is 6.13. The van der Waals surface area contributed by atoms with Gasteiger partial charge in [-0.15, -0.1) is 0 Å². The van der Waals surface area contributed by atoms with Crippen molar-refractivity contribution in [1.82, 2.24) is 20.4 Å². The highest BCUT2D eigenvalue weighted by atomic mass is 19.4. The number of benzene rings is 3. The van der Waals surface area contributed by atoms with Crippen LogP contribution in [0.3, 0.4) is 0 Å². The van der Waals surface area contributed by atoms with E-state index in [2.05, 4.69) is 27.1 Å². The van der Waals surface area contributed by atoms with Gasteiger partial charge in [0.15, 0.2) is 0 Å². The van der Waals surface area contributed by atoms with Crippen LogP contribution in [-0.4, -0.2) is 65.6 Å². The van der Waals surface area contributed by atoms with Crippen LogP contribution in [0, 0.1) is 0 Å². The number of nitrogens with zero attached hydrogens (tertiary/aromatic N) is 2. The average molecular weight is 674 g/mol. The lowest BCUT2D eigenvalue weighted by Crippen LogP contribution is -2.76. The zero-order valence-electron chi connectivity index (χ0n) is 27.4. The van der Waals surface area contributed by atoms with Gasteiger partial charge in [-0.25, -0.2) is 9.79 Å². The van der Waals surface area contributed by atoms with Gasteiger partial charge in [0.05, 0.1) is 23.6 Å². The molecule has 3 amide bonds. The molecule has 0 saturated carbocycles. The molecule has 0 aromatic heterocycles. The average Bonchev–Trinajstić information content (AvgIpc) is 3.06. The summed E-state index contributed by atoms with van der Waals surface area (Å²) in [5.41, 5.74) is 8.74. The van der Waals surface area contributed by atoms with E-state index < -0.39 is 35.5 Å². The molecule has 5 rings (SSSR count). The normalized spacial score (nSPS) is 20.1. The Labute approximate surface area is 283 Å². The summed E-state index contributed by atoms with van der Waals surface area (Å²) >= 11 is 0. The summed E-state index contributed by atoms with van der Waals surface area (Å²) < 4.78 is 40.5. The van der Waals surface area contributed by atoms with Crippen LogP contribution in [0.2, 0.25) is 0 Å². The fourth-order valence-electron chi connectivity index (χ4n) is 6.07. The fraction of sp³-hybridized carbons (Fsp3) is 0.297. The fourth-order valence-corrected chi connectivity index (χ4v) is 6.07. The van der Waals surface area contributed by atoms with Crippen molar-refractivity contribution in [2.24, 2.45) is 5.73 Å². The molecule has 49 heavy (non-hydrogen) atoms. The number of carbonyl (C=O) groups excluding carboxylic acids is 3. The van der Waals surface area contributed by atoms with Gasteiger partial charge in [0.25, 0.3) is 11.7 Å². The second-order valence-electron chi connectivity index (χ2n) is 12.2. The standard InChI is InChI=1S/C37H39F3N6O3/c1-4-46-33(43-29-15-6-5-7-16-29)30(24(3)41)31(32(36(46)49)44-35(48)27-13-9-14-28(20-27)37(38,39)40)26-12-8-11-25(19-26)21-42-34(47)23(2)22-45-17-10-18-45/h5-9,11-16,19-20,31-32H,2,4,10,17-18,21-22,41H2,1,3H3,(H,42,47)(H,44,48)/p+1/b30-24-,43-33?/t31-,32+/m1/s1. The Hall–Kier alpha value is -5.23.